The number of allylic oxidation sites excluding steroid dienone is 1. The average Bonchev–Trinajstić information content (AvgIpc) is 3.17. The van der Waals surface area contributed by atoms with Crippen LogP contribution in [0.2, 0.25) is 0 Å². The van der Waals surface area contributed by atoms with Crippen molar-refractivity contribution in [1.29, 1.82) is 0 Å². The van der Waals surface area contributed by atoms with Crippen LogP contribution in [0.1, 0.15) is 245 Å². The topological polar surface area (TPSA) is 108 Å². The lowest BCUT2D eigenvalue weighted by Gasteiger charge is -2.29. The number of carbonyl (C=O) groups is 1. The molecule has 0 aromatic rings. The SMILES string of the molecule is CCCCCCCCCCCCCCCCCCCCCCCCCCCCCCCC/C=C/C(O)C(COP(=O)([O-])OCC[N+](C)(C)C)NC(=O)CCCCCC. The smallest absolute Gasteiger partial charge is 0.268 e. The van der Waals surface area contributed by atoms with E-state index in [1.165, 1.54) is 180 Å². The number of quaternary nitrogens is 1. The molecule has 0 aromatic carbocycles. The molecule has 2 N–H and O–H groups in total. The van der Waals surface area contributed by atoms with E-state index >= 15 is 0 Å². The first-order valence-corrected chi connectivity index (χ1v) is 26.5. The Morgan fingerprint density at radius 2 is 0.931 bits per heavy atom. The standard InChI is InChI=1S/C49H99N2O6P/c1-6-8-10-12-13-14-15-16-17-18-19-20-21-22-23-24-25-26-27-28-29-30-31-32-33-34-35-36-37-38-39-40-42-48(52)47(50-49(53)43-41-11-9-7-2)46-57-58(54,55)56-45-44-51(3,4)5/h40,42,47-48,52H,6-39,41,43-46H2,1-5H3,(H-,50,53,54,55)/b42-40+. The van der Waals surface area contributed by atoms with Gasteiger partial charge in [0.25, 0.3) is 7.82 Å². The van der Waals surface area contributed by atoms with Crippen molar-refractivity contribution in [3.63, 3.8) is 0 Å². The molecule has 0 aliphatic rings. The number of unbranched alkanes of at least 4 members (excludes halogenated alkanes) is 33. The molecule has 0 heterocycles. The number of aliphatic hydroxyl groups excluding tert-OH is 1. The fourth-order valence-electron chi connectivity index (χ4n) is 7.51. The second-order valence-corrected chi connectivity index (χ2v) is 19.9. The summed E-state index contributed by atoms with van der Waals surface area (Å²) in [7, 11) is 1.27. The van der Waals surface area contributed by atoms with Gasteiger partial charge in [-0.3, -0.25) is 9.36 Å². The van der Waals surface area contributed by atoms with Gasteiger partial charge in [0, 0.05) is 6.42 Å². The summed E-state index contributed by atoms with van der Waals surface area (Å²) in [5.74, 6) is -0.213. The van der Waals surface area contributed by atoms with Gasteiger partial charge in [-0.05, 0) is 19.3 Å². The Morgan fingerprint density at radius 3 is 1.29 bits per heavy atom. The van der Waals surface area contributed by atoms with Crippen molar-refractivity contribution >= 4 is 13.7 Å². The molecule has 3 unspecified atom stereocenters. The van der Waals surface area contributed by atoms with Gasteiger partial charge in [-0.1, -0.05) is 231 Å². The van der Waals surface area contributed by atoms with E-state index in [0.29, 0.717) is 17.4 Å². The number of phosphoric acid groups is 1. The summed E-state index contributed by atoms with van der Waals surface area (Å²) >= 11 is 0. The van der Waals surface area contributed by atoms with Crippen molar-refractivity contribution in [2.45, 2.75) is 257 Å². The molecule has 0 aliphatic carbocycles. The molecule has 0 bridgehead atoms. The molecule has 9 heteroatoms. The minimum Gasteiger partial charge on any atom is -0.756 e. The molecule has 0 fully saturated rings. The van der Waals surface area contributed by atoms with Gasteiger partial charge in [0.2, 0.25) is 5.91 Å². The van der Waals surface area contributed by atoms with Crippen LogP contribution >= 0.6 is 7.82 Å². The highest BCUT2D eigenvalue weighted by Crippen LogP contribution is 2.38. The Hall–Kier alpha value is -0.760. The first-order chi connectivity index (χ1) is 28.0. The Kier molecular flexibility index (Phi) is 41.0. The van der Waals surface area contributed by atoms with Crippen LogP contribution in [0.15, 0.2) is 12.2 Å². The maximum absolute atomic E-state index is 12.6. The third kappa shape index (κ3) is 43.3. The van der Waals surface area contributed by atoms with Crippen LogP contribution in [0.3, 0.4) is 0 Å². The van der Waals surface area contributed by atoms with E-state index < -0.39 is 20.0 Å². The van der Waals surface area contributed by atoms with Gasteiger partial charge < -0.3 is 28.8 Å². The van der Waals surface area contributed by atoms with Crippen molar-refractivity contribution in [2.75, 3.05) is 40.9 Å². The Labute approximate surface area is 361 Å². The number of nitrogens with one attached hydrogen (secondary N) is 1. The molecule has 3 atom stereocenters. The van der Waals surface area contributed by atoms with E-state index in [1.54, 1.807) is 6.08 Å². The molecule has 0 spiro atoms. The Bertz CT molecular complexity index is 958. The lowest BCUT2D eigenvalue weighted by atomic mass is 10.0. The number of hydrogen-bond acceptors (Lipinski definition) is 6. The molecule has 58 heavy (non-hydrogen) atoms. The Morgan fingerprint density at radius 1 is 0.586 bits per heavy atom. The van der Waals surface area contributed by atoms with Gasteiger partial charge in [-0.2, -0.15) is 0 Å². The molecule has 0 radical (unpaired) electrons. The normalized spacial score (nSPS) is 14.3. The zero-order valence-corrected chi connectivity index (χ0v) is 40.2. The summed E-state index contributed by atoms with van der Waals surface area (Å²) in [6, 6.07) is -0.877. The second-order valence-electron chi connectivity index (χ2n) is 18.5. The van der Waals surface area contributed by atoms with Gasteiger partial charge in [-0.15, -0.1) is 0 Å². The summed E-state index contributed by atoms with van der Waals surface area (Å²) in [6.07, 6.45) is 49.4. The highest BCUT2D eigenvalue weighted by Gasteiger charge is 2.23. The summed E-state index contributed by atoms with van der Waals surface area (Å²) in [6.45, 7) is 4.53. The van der Waals surface area contributed by atoms with Crippen molar-refractivity contribution in [3.05, 3.63) is 12.2 Å². The van der Waals surface area contributed by atoms with Crippen LogP contribution in [0.4, 0.5) is 0 Å². The number of carbonyl (C=O) groups excluding carboxylic acids is 1. The van der Waals surface area contributed by atoms with Crippen molar-refractivity contribution in [1.82, 2.24) is 5.32 Å². The van der Waals surface area contributed by atoms with E-state index in [1.807, 2.05) is 27.2 Å². The van der Waals surface area contributed by atoms with Crippen molar-refractivity contribution in [3.8, 4) is 0 Å². The van der Waals surface area contributed by atoms with Crippen LogP contribution in [-0.4, -0.2) is 68.5 Å². The van der Waals surface area contributed by atoms with Gasteiger partial charge in [0.05, 0.1) is 39.9 Å². The van der Waals surface area contributed by atoms with Crippen molar-refractivity contribution in [2.24, 2.45) is 0 Å². The van der Waals surface area contributed by atoms with Crippen LogP contribution in [0, 0.1) is 0 Å². The summed E-state index contributed by atoms with van der Waals surface area (Å²) < 4.78 is 23.0. The van der Waals surface area contributed by atoms with Crippen LogP contribution in [0.25, 0.3) is 0 Å². The monoisotopic (exact) mass is 843 g/mol. The van der Waals surface area contributed by atoms with Crippen LogP contribution in [0.5, 0.6) is 0 Å². The van der Waals surface area contributed by atoms with E-state index in [9.17, 15) is 19.4 Å². The predicted octanol–water partition coefficient (Wildman–Crippen LogP) is 13.7. The molecule has 346 valence electrons. The summed E-state index contributed by atoms with van der Waals surface area (Å²) in [4.78, 5) is 24.9. The zero-order valence-electron chi connectivity index (χ0n) is 39.3. The minimum absolute atomic E-state index is 0.000882. The molecule has 0 saturated carbocycles. The highest BCUT2D eigenvalue weighted by molar-refractivity contribution is 7.45. The largest absolute Gasteiger partial charge is 0.756 e. The van der Waals surface area contributed by atoms with Gasteiger partial charge in [0.15, 0.2) is 0 Å². The average molecular weight is 843 g/mol. The molecule has 0 saturated heterocycles. The third-order valence-electron chi connectivity index (χ3n) is 11.5. The number of likely N-dealkylation sites (N-methyl/N-ethyl adjacent to an activating group) is 1. The van der Waals surface area contributed by atoms with Gasteiger partial charge in [-0.25, -0.2) is 0 Å². The lowest BCUT2D eigenvalue weighted by Crippen LogP contribution is -2.45. The first kappa shape index (κ1) is 57.2. The van der Waals surface area contributed by atoms with E-state index in [0.717, 1.165) is 44.9 Å². The van der Waals surface area contributed by atoms with Crippen LogP contribution in [-0.2, 0) is 18.4 Å². The fourth-order valence-corrected chi connectivity index (χ4v) is 8.23. The maximum atomic E-state index is 12.6. The highest BCUT2D eigenvalue weighted by atomic mass is 31.2. The zero-order chi connectivity index (χ0) is 42.8. The summed E-state index contributed by atoms with van der Waals surface area (Å²) in [5.41, 5.74) is 0. The van der Waals surface area contributed by atoms with E-state index in [-0.39, 0.29) is 19.1 Å². The number of nitrogens with zero attached hydrogens (tertiary/aromatic N) is 1. The fraction of sp³-hybridized carbons (Fsp3) is 0.939. The number of aliphatic hydroxyl groups is 1. The van der Waals surface area contributed by atoms with Gasteiger partial charge >= 0.3 is 0 Å². The quantitative estimate of drug-likeness (QED) is 0.0273. The van der Waals surface area contributed by atoms with E-state index in [4.69, 9.17) is 9.05 Å². The molecule has 1 amide bonds. The maximum Gasteiger partial charge on any atom is 0.268 e. The molecular weight excluding hydrogens is 744 g/mol. The molecule has 0 aromatic heterocycles. The summed E-state index contributed by atoms with van der Waals surface area (Å²) in [5, 5.41) is 13.6. The van der Waals surface area contributed by atoms with Gasteiger partial charge in [0.1, 0.15) is 13.2 Å². The van der Waals surface area contributed by atoms with Crippen LogP contribution < -0.4 is 10.2 Å². The molecule has 8 nitrogen and oxygen atoms in total. The molecule has 0 aliphatic heterocycles. The lowest BCUT2D eigenvalue weighted by molar-refractivity contribution is -0.870. The number of phosphoric ester groups is 1. The predicted molar refractivity (Wildman–Crippen MR) is 247 cm³/mol. The third-order valence-corrected chi connectivity index (χ3v) is 12.5. The van der Waals surface area contributed by atoms with E-state index in [2.05, 4.69) is 19.2 Å². The second kappa shape index (κ2) is 41.6. The molecule has 0 rings (SSSR count). The number of hydrogen-bond donors (Lipinski definition) is 2. The molecular formula is C49H99N2O6P. The number of rotatable bonds is 46. The Balaban J connectivity index is 3.81. The first-order valence-electron chi connectivity index (χ1n) is 25.1. The van der Waals surface area contributed by atoms with Crippen molar-refractivity contribution < 1.29 is 32.9 Å². The number of amides is 1. The minimum atomic E-state index is -4.57.